The summed E-state index contributed by atoms with van der Waals surface area (Å²) in [5.74, 6) is 0.927. The normalized spacial score (nSPS) is 16.3. The number of rotatable bonds is 4. The molecule has 0 aliphatic carbocycles. The molecule has 2 rings (SSSR count). The predicted molar refractivity (Wildman–Crippen MR) is 66.9 cm³/mol. The molecule has 0 bridgehead atoms. The second kappa shape index (κ2) is 8.20. The molecule has 0 atom stereocenters. The van der Waals surface area contributed by atoms with Crippen LogP contribution in [0.25, 0.3) is 0 Å². The van der Waals surface area contributed by atoms with Crippen LogP contribution in [0.4, 0.5) is 0 Å². The minimum atomic E-state index is 0. The third kappa shape index (κ3) is 5.47. The minimum Gasteiger partial charge on any atom is -0.492 e. The van der Waals surface area contributed by atoms with E-state index in [0.717, 1.165) is 49.7 Å². The van der Waals surface area contributed by atoms with Crippen molar-refractivity contribution in [2.24, 2.45) is 0 Å². The van der Waals surface area contributed by atoms with Crippen molar-refractivity contribution in [2.45, 2.75) is 0 Å². The van der Waals surface area contributed by atoms with Gasteiger partial charge in [-0.15, -0.1) is 0 Å². The summed E-state index contributed by atoms with van der Waals surface area (Å²) >= 11 is 3.40. The first kappa shape index (κ1) is 15.1. The van der Waals surface area contributed by atoms with Gasteiger partial charge in [-0.3, -0.25) is 4.90 Å². The molecule has 1 aromatic rings. The molecule has 90 valence electrons. The summed E-state index contributed by atoms with van der Waals surface area (Å²) in [5.41, 5.74) is 0. The van der Waals surface area contributed by atoms with E-state index >= 15 is 0 Å². The van der Waals surface area contributed by atoms with Gasteiger partial charge in [0.15, 0.2) is 0 Å². The van der Waals surface area contributed by atoms with Gasteiger partial charge >= 0.3 is 0 Å². The number of morpholine rings is 1. The summed E-state index contributed by atoms with van der Waals surface area (Å²) in [6.07, 6.45) is 0. The summed E-state index contributed by atoms with van der Waals surface area (Å²) in [6, 6.07) is 7.93. The van der Waals surface area contributed by atoms with Crippen molar-refractivity contribution < 1.29 is 29.0 Å². The van der Waals surface area contributed by atoms with Gasteiger partial charge in [0, 0.05) is 43.6 Å². The second-order valence-electron chi connectivity index (χ2n) is 3.76. The molecule has 1 fully saturated rings. The molecule has 0 N–H and O–H groups in total. The Morgan fingerprint density at radius 2 is 1.82 bits per heavy atom. The average molecular weight is 352 g/mol. The van der Waals surface area contributed by atoms with Gasteiger partial charge in [0.25, 0.3) is 0 Å². The number of halogens is 1. The first-order valence-corrected chi connectivity index (χ1v) is 6.32. The molecule has 1 heterocycles. The van der Waals surface area contributed by atoms with Gasteiger partial charge in [-0.25, -0.2) is 0 Å². The third-order valence-electron chi connectivity index (χ3n) is 2.59. The minimum absolute atomic E-state index is 0. The molecule has 0 unspecified atom stereocenters. The Bertz CT molecular complexity index is 315. The van der Waals surface area contributed by atoms with Crippen molar-refractivity contribution >= 4 is 15.9 Å². The molecule has 1 saturated heterocycles. The summed E-state index contributed by atoms with van der Waals surface area (Å²) in [7, 11) is 0. The smallest absolute Gasteiger partial charge is 0.119 e. The molecule has 5 heteroatoms. The maximum absolute atomic E-state index is 5.66. The van der Waals surface area contributed by atoms with E-state index in [1.807, 2.05) is 24.3 Å². The van der Waals surface area contributed by atoms with Crippen LogP contribution in [0.5, 0.6) is 5.75 Å². The van der Waals surface area contributed by atoms with Crippen molar-refractivity contribution in [3.63, 3.8) is 0 Å². The molecule has 3 nitrogen and oxygen atoms in total. The summed E-state index contributed by atoms with van der Waals surface area (Å²) in [5, 5.41) is 0. The van der Waals surface area contributed by atoms with E-state index in [1.165, 1.54) is 0 Å². The van der Waals surface area contributed by atoms with Crippen molar-refractivity contribution in [3.05, 3.63) is 28.7 Å². The van der Waals surface area contributed by atoms with Crippen LogP contribution in [-0.2, 0) is 24.2 Å². The molecule has 0 radical (unpaired) electrons. The van der Waals surface area contributed by atoms with Crippen LogP contribution in [0.1, 0.15) is 0 Å². The molecule has 1 aliphatic heterocycles. The predicted octanol–water partition coefficient (Wildman–Crippen LogP) is 2.16. The van der Waals surface area contributed by atoms with Crippen LogP contribution in [0.2, 0.25) is 0 Å². The molecule has 1 aromatic carbocycles. The summed E-state index contributed by atoms with van der Waals surface area (Å²) in [6.45, 7) is 5.44. The Morgan fingerprint density at radius 1 is 1.18 bits per heavy atom. The van der Waals surface area contributed by atoms with Crippen LogP contribution in [0.3, 0.4) is 0 Å². The van der Waals surface area contributed by atoms with E-state index < -0.39 is 0 Å². The van der Waals surface area contributed by atoms with Gasteiger partial charge in [-0.1, -0.05) is 15.9 Å². The summed E-state index contributed by atoms with van der Waals surface area (Å²) in [4.78, 5) is 2.36. The Morgan fingerprint density at radius 3 is 2.47 bits per heavy atom. The van der Waals surface area contributed by atoms with Gasteiger partial charge < -0.3 is 9.47 Å². The van der Waals surface area contributed by atoms with Crippen molar-refractivity contribution in [3.8, 4) is 5.75 Å². The SMILES string of the molecule is Brc1ccc(OCCN2CCOCC2)cc1.[Zn]. The zero-order valence-electron chi connectivity index (χ0n) is 9.90. The van der Waals surface area contributed by atoms with Gasteiger partial charge in [0.05, 0.1) is 13.2 Å². The zero-order valence-corrected chi connectivity index (χ0v) is 14.5. The Hall–Kier alpha value is 0.0434. The molecule has 1 aliphatic rings. The Kier molecular flexibility index (Phi) is 7.28. The van der Waals surface area contributed by atoms with Gasteiger partial charge in [0.1, 0.15) is 12.4 Å². The van der Waals surface area contributed by atoms with Gasteiger partial charge in [0.2, 0.25) is 0 Å². The van der Waals surface area contributed by atoms with Crippen LogP contribution in [0, 0.1) is 0 Å². The van der Waals surface area contributed by atoms with Crippen LogP contribution in [0.15, 0.2) is 28.7 Å². The average Bonchev–Trinajstić information content (AvgIpc) is 2.33. The Labute approximate surface area is 123 Å². The third-order valence-corrected chi connectivity index (χ3v) is 3.12. The largest absolute Gasteiger partial charge is 0.492 e. The molecule has 0 aromatic heterocycles. The summed E-state index contributed by atoms with van der Waals surface area (Å²) < 4.78 is 12.0. The first-order valence-electron chi connectivity index (χ1n) is 5.53. The van der Waals surface area contributed by atoms with E-state index in [4.69, 9.17) is 9.47 Å². The van der Waals surface area contributed by atoms with Gasteiger partial charge in [-0.2, -0.15) is 0 Å². The number of ether oxygens (including phenoxy) is 2. The van der Waals surface area contributed by atoms with E-state index in [0.29, 0.717) is 0 Å². The molecular formula is C12H16BrNO2Zn. The monoisotopic (exact) mass is 349 g/mol. The number of hydrogen-bond acceptors (Lipinski definition) is 3. The number of benzene rings is 1. The molecule has 0 saturated carbocycles. The van der Waals surface area contributed by atoms with E-state index in [-0.39, 0.29) is 19.5 Å². The first-order chi connectivity index (χ1) is 7.84. The molecule has 17 heavy (non-hydrogen) atoms. The number of hydrogen-bond donors (Lipinski definition) is 0. The molecule has 0 spiro atoms. The molecule has 0 amide bonds. The van der Waals surface area contributed by atoms with Crippen molar-refractivity contribution in [2.75, 3.05) is 39.5 Å². The second-order valence-corrected chi connectivity index (χ2v) is 4.67. The topological polar surface area (TPSA) is 21.7 Å². The number of nitrogens with zero attached hydrogens (tertiary/aromatic N) is 1. The fraction of sp³-hybridized carbons (Fsp3) is 0.500. The van der Waals surface area contributed by atoms with E-state index in [1.54, 1.807) is 0 Å². The van der Waals surface area contributed by atoms with Crippen molar-refractivity contribution in [1.29, 1.82) is 0 Å². The van der Waals surface area contributed by atoms with Crippen molar-refractivity contribution in [1.82, 2.24) is 4.90 Å². The van der Waals surface area contributed by atoms with Crippen LogP contribution in [-0.4, -0.2) is 44.4 Å². The van der Waals surface area contributed by atoms with E-state index in [2.05, 4.69) is 20.8 Å². The maximum Gasteiger partial charge on any atom is 0.119 e. The molecular weight excluding hydrogens is 335 g/mol. The van der Waals surface area contributed by atoms with Crippen LogP contribution >= 0.6 is 15.9 Å². The van der Waals surface area contributed by atoms with Crippen LogP contribution < -0.4 is 4.74 Å². The zero-order chi connectivity index (χ0) is 11.2. The van der Waals surface area contributed by atoms with E-state index in [9.17, 15) is 0 Å². The fourth-order valence-corrected chi connectivity index (χ4v) is 1.91. The fourth-order valence-electron chi connectivity index (χ4n) is 1.65. The maximum atomic E-state index is 5.66. The Balaban J connectivity index is 0.00000144. The van der Waals surface area contributed by atoms with Gasteiger partial charge in [-0.05, 0) is 24.3 Å². The quantitative estimate of drug-likeness (QED) is 0.776. The standard InChI is InChI=1S/C12H16BrNO2.Zn/c13-11-1-3-12(4-2-11)16-10-7-14-5-8-15-9-6-14;/h1-4H,5-10H2;.